The summed E-state index contributed by atoms with van der Waals surface area (Å²) < 4.78 is 18.4. The number of amides is 2. The average molecular weight is 342 g/mol. The van der Waals surface area contributed by atoms with Gasteiger partial charge < -0.3 is 15.0 Å². The van der Waals surface area contributed by atoms with Crippen molar-refractivity contribution in [3.05, 3.63) is 66.0 Å². The fraction of sp³-hybridized carbons (Fsp3) is 0.263. The van der Waals surface area contributed by atoms with Crippen molar-refractivity contribution < 1.29 is 18.7 Å². The SMILES string of the molecule is O=C(CC1OCCN(Cc2ccccc2)C1=O)Nc1ccc(F)cc1. The van der Waals surface area contributed by atoms with Gasteiger partial charge in [0.1, 0.15) is 11.9 Å². The number of carbonyl (C=O) groups is 2. The normalized spacial score (nSPS) is 17.4. The topological polar surface area (TPSA) is 58.6 Å². The van der Waals surface area contributed by atoms with Gasteiger partial charge >= 0.3 is 0 Å². The molecular formula is C19H19FN2O3. The minimum atomic E-state index is -0.794. The van der Waals surface area contributed by atoms with Crippen LogP contribution in [-0.4, -0.2) is 36.0 Å². The predicted molar refractivity (Wildman–Crippen MR) is 91.2 cm³/mol. The van der Waals surface area contributed by atoms with E-state index in [1.54, 1.807) is 4.90 Å². The summed E-state index contributed by atoms with van der Waals surface area (Å²) in [6.07, 6.45) is -0.862. The highest BCUT2D eigenvalue weighted by Gasteiger charge is 2.31. The Kier molecular flexibility index (Phi) is 5.40. The second kappa shape index (κ2) is 7.90. The molecule has 2 aromatic rings. The van der Waals surface area contributed by atoms with E-state index in [-0.39, 0.29) is 24.1 Å². The fourth-order valence-corrected chi connectivity index (χ4v) is 2.71. The van der Waals surface area contributed by atoms with Gasteiger partial charge in [0.15, 0.2) is 0 Å². The van der Waals surface area contributed by atoms with Gasteiger partial charge in [-0.3, -0.25) is 9.59 Å². The van der Waals surface area contributed by atoms with E-state index in [2.05, 4.69) is 5.32 Å². The Morgan fingerprint density at radius 2 is 1.88 bits per heavy atom. The standard InChI is InChI=1S/C19H19FN2O3/c20-15-6-8-16(9-7-15)21-18(23)12-17-19(24)22(10-11-25-17)13-14-4-2-1-3-5-14/h1-9,17H,10-13H2,(H,21,23). The van der Waals surface area contributed by atoms with Crippen molar-refractivity contribution >= 4 is 17.5 Å². The van der Waals surface area contributed by atoms with Crippen molar-refractivity contribution in [3.63, 3.8) is 0 Å². The molecule has 3 rings (SSSR count). The van der Waals surface area contributed by atoms with Gasteiger partial charge in [0.05, 0.1) is 13.0 Å². The lowest BCUT2D eigenvalue weighted by Gasteiger charge is -2.32. The molecule has 1 atom stereocenters. The summed E-state index contributed by atoms with van der Waals surface area (Å²) in [5, 5.41) is 2.65. The van der Waals surface area contributed by atoms with Crippen molar-refractivity contribution in [3.8, 4) is 0 Å². The van der Waals surface area contributed by atoms with E-state index in [1.807, 2.05) is 30.3 Å². The molecule has 0 spiro atoms. The summed E-state index contributed by atoms with van der Waals surface area (Å²) in [6.45, 7) is 1.40. The molecule has 1 heterocycles. The predicted octanol–water partition coefficient (Wildman–Crippen LogP) is 2.58. The van der Waals surface area contributed by atoms with E-state index >= 15 is 0 Å². The summed E-state index contributed by atoms with van der Waals surface area (Å²) in [7, 11) is 0. The maximum Gasteiger partial charge on any atom is 0.252 e. The molecule has 0 radical (unpaired) electrons. The number of nitrogens with one attached hydrogen (secondary N) is 1. The molecule has 1 aliphatic rings. The average Bonchev–Trinajstić information content (AvgIpc) is 2.61. The smallest absolute Gasteiger partial charge is 0.252 e. The van der Waals surface area contributed by atoms with Crippen LogP contribution in [0.5, 0.6) is 0 Å². The van der Waals surface area contributed by atoms with Crippen LogP contribution >= 0.6 is 0 Å². The first kappa shape index (κ1) is 17.1. The van der Waals surface area contributed by atoms with Gasteiger partial charge in [0.2, 0.25) is 5.91 Å². The van der Waals surface area contributed by atoms with E-state index < -0.39 is 6.10 Å². The van der Waals surface area contributed by atoms with Gasteiger partial charge in [-0.15, -0.1) is 0 Å². The number of nitrogens with zero attached hydrogens (tertiary/aromatic N) is 1. The van der Waals surface area contributed by atoms with Crippen molar-refractivity contribution in [2.45, 2.75) is 19.1 Å². The van der Waals surface area contributed by atoms with E-state index in [1.165, 1.54) is 24.3 Å². The van der Waals surface area contributed by atoms with Crippen LogP contribution in [0, 0.1) is 5.82 Å². The van der Waals surface area contributed by atoms with Crippen molar-refractivity contribution in [2.24, 2.45) is 0 Å². The summed E-state index contributed by atoms with van der Waals surface area (Å²) in [5.41, 5.74) is 1.52. The van der Waals surface area contributed by atoms with Gasteiger partial charge in [-0.2, -0.15) is 0 Å². The van der Waals surface area contributed by atoms with Crippen LogP contribution in [0.4, 0.5) is 10.1 Å². The van der Waals surface area contributed by atoms with Crippen LogP contribution in [0.1, 0.15) is 12.0 Å². The number of hydrogen-bond acceptors (Lipinski definition) is 3. The molecule has 0 saturated carbocycles. The molecule has 0 bridgehead atoms. The van der Waals surface area contributed by atoms with Gasteiger partial charge in [0.25, 0.3) is 5.91 Å². The van der Waals surface area contributed by atoms with Gasteiger partial charge in [-0.25, -0.2) is 4.39 Å². The summed E-state index contributed by atoms with van der Waals surface area (Å²) >= 11 is 0. The number of morpholine rings is 1. The maximum absolute atomic E-state index is 12.9. The van der Waals surface area contributed by atoms with Crippen LogP contribution in [-0.2, 0) is 20.9 Å². The maximum atomic E-state index is 12.9. The summed E-state index contributed by atoms with van der Waals surface area (Å²) in [6, 6.07) is 15.2. The number of carbonyl (C=O) groups excluding carboxylic acids is 2. The molecular weight excluding hydrogens is 323 g/mol. The molecule has 5 nitrogen and oxygen atoms in total. The first-order chi connectivity index (χ1) is 12.1. The number of benzene rings is 2. The lowest BCUT2D eigenvalue weighted by molar-refractivity contribution is -0.155. The minimum Gasteiger partial charge on any atom is -0.366 e. The molecule has 2 aromatic carbocycles. The fourth-order valence-electron chi connectivity index (χ4n) is 2.71. The monoisotopic (exact) mass is 342 g/mol. The molecule has 2 amide bonds. The molecule has 1 N–H and O–H groups in total. The van der Waals surface area contributed by atoms with Crippen molar-refractivity contribution in [1.29, 1.82) is 0 Å². The third kappa shape index (κ3) is 4.64. The zero-order valence-corrected chi connectivity index (χ0v) is 13.7. The Bertz CT molecular complexity index is 734. The van der Waals surface area contributed by atoms with E-state index in [0.717, 1.165) is 5.56 Å². The van der Waals surface area contributed by atoms with E-state index in [0.29, 0.717) is 25.4 Å². The number of halogens is 1. The van der Waals surface area contributed by atoms with Crippen LogP contribution in [0.2, 0.25) is 0 Å². The summed E-state index contributed by atoms with van der Waals surface area (Å²) in [4.78, 5) is 26.4. The van der Waals surface area contributed by atoms with Crippen LogP contribution < -0.4 is 5.32 Å². The third-order valence-corrected chi connectivity index (χ3v) is 3.98. The molecule has 6 heteroatoms. The highest BCUT2D eigenvalue weighted by molar-refractivity contribution is 5.95. The van der Waals surface area contributed by atoms with E-state index in [9.17, 15) is 14.0 Å². The Hall–Kier alpha value is -2.73. The molecule has 0 aliphatic carbocycles. The van der Waals surface area contributed by atoms with Crippen molar-refractivity contribution in [2.75, 3.05) is 18.5 Å². The van der Waals surface area contributed by atoms with Gasteiger partial charge in [-0.1, -0.05) is 30.3 Å². The number of hydrogen-bond donors (Lipinski definition) is 1. The third-order valence-electron chi connectivity index (χ3n) is 3.98. The Balaban J connectivity index is 1.57. The Morgan fingerprint density at radius 3 is 2.60 bits per heavy atom. The Labute approximate surface area is 145 Å². The van der Waals surface area contributed by atoms with Crippen LogP contribution in [0.15, 0.2) is 54.6 Å². The Morgan fingerprint density at radius 1 is 1.16 bits per heavy atom. The van der Waals surface area contributed by atoms with Gasteiger partial charge in [-0.05, 0) is 29.8 Å². The first-order valence-electron chi connectivity index (χ1n) is 8.11. The van der Waals surface area contributed by atoms with Gasteiger partial charge in [0, 0.05) is 18.8 Å². The van der Waals surface area contributed by atoms with Crippen LogP contribution in [0.25, 0.3) is 0 Å². The quantitative estimate of drug-likeness (QED) is 0.909. The number of ether oxygens (including phenoxy) is 1. The highest BCUT2D eigenvalue weighted by Crippen LogP contribution is 2.16. The first-order valence-corrected chi connectivity index (χ1v) is 8.11. The highest BCUT2D eigenvalue weighted by atomic mass is 19.1. The zero-order valence-electron chi connectivity index (χ0n) is 13.7. The molecule has 130 valence electrons. The second-order valence-corrected chi connectivity index (χ2v) is 5.86. The lowest BCUT2D eigenvalue weighted by atomic mass is 10.1. The lowest BCUT2D eigenvalue weighted by Crippen LogP contribution is -2.48. The molecule has 1 fully saturated rings. The minimum absolute atomic E-state index is 0.0680. The van der Waals surface area contributed by atoms with E-state index in [4.69, 9.17) is 4.74 Å². The number of rotatable bonds is 5. The second-order valence-electron chi connectivity index (χ2n) is 5.86. The zero-order chi connectivity index (χ0) is 17.6. The molecule has 1 aliphatic heterocycles. The molecule has 1 saturated heterocycles. The molecule has 0 aromatic heterocycles. The largest absolute Gasteiger partial charge is 0.366 e. The molecule has 25 heavy (non-hydrogen) atoms. The number of anilines is 1. The van der Waals surface area contributed by atoms with Crippen LogP contribution in [0.3, 0.4) is 0 Å². The molecule has 1 unspecified atom stereocenters. The van der Waals surface area contributed by atoms with Crippen molar-refractivity contribution in [1.82, 2.24) is 4.90 Å². The summed E-state index contributed by atoms with van der Waals surface area (Å²) in [5.74, 6) is -0.906.